The van der Waals surface area contributed by atoms with Crippen LogP contribution in [0.2, 0.25) is 0 Å². The molecule has 1 aromatic carbocycles. The van der Waals surface area contributed by atoms with Crippen LogP contribution < -0.4 is 5.73 Å². The lowest BCUT2D eigenvalue weighted by molar-refractivity contribution is -0.119. The number of hydrogen-bond acceptors (Lipinski definition) is 2. The molecule has 0 saturated heterocycles. The minimum Gasteiger partial charge on any atom is -0.321 e. The fourth-order valence-electron chi connectivity index (χ4n) is 1.25. The second-order valence-electron chi connectivity index (χ2n) is 3.26. The van der Waals surface area contributed by atoms with E-state index in [-0.39, 0.29) is 11.6 Å². The topological polar surface area (TPSA) is 43.1 Å². The van der Waals surface area contributed by atoms with Gasteiger partial charge in [-0.05, 0) is 24.1 Å². The predicted octanol–water partition coefficient (Wildman–Crippen LogP) is 1.67. The van der Waals surface area contributed by atoms with E-state index < -0.39 is 6.04 Å². The van der Waals surface area contributed by atoms with Gasteiger partial charge in [-0.25, -0.2) is 4.39 Å². The second kappa shape index (κ2) is 4.86. The van der Waals surface area contributed by atoms with Gasteiger partial charge in [-0.3, -0.25) is 4.79 Å². The summed E-state index contributed by atoms with van der Waals surface area (Å²) in [6.07, 6.45) is 0.926. The Hall–Kier alpha value is -1.22. The van der Waals surface area contributed by atoms with Crippen molar-refractivity contribution in [2.24, 2.45) is 5.73 Å². The van der Waals surface area contributed by atoms with E-state index in [2.05, 4.69) is 0 Å². The summed E-state index contributed by atoms with van der Waals surface area (Å²) in [6, 6.07) is 5.58. The minimum absolute atomic E-state index is 0.0364. The lowest BCUT2D eigenvalue weighted by atomic mass is 10.0. The highest BCUT2D eigenvalue weighted by Gasteiger charge is 2.11. The zero-order valence-electron chi connectivity index (χ0n) is 8.16. The van der Waals surface area contributed by atoms with Crippen LogP contribution in [0.5, 0.6) is 0 Å². The summed E-state index contributed by atoms with van der Waals surface area (Å²) in [7, 11) is 0. The summed E-state index contributed by atoms with van der Waals surface area (Å²) in [6.45, 7) is 1.78. The molecule has 2 N–H and O–H groups in total. The Morgan fingerprint density at radius 3 is 2.50 bits per heavy atom. The maximum atomic E-state index is 12.6. The number of rotatable bonds is 4. The molecule has 0 spiro atoms. The number of halogens is 1. The predicted molar refractivity (Wildman–Crippen MR) is 53.4 cm³/mol. The highest BCUT2D eigenvalue weighted by Crippen LogP contribution is 2.06. The van der Waals surface area contributed by atoms with Crippen LogP contribution in [0.4, 0.5) is 4.39 Å². The first kappa shape index (κ1) is 10.9. The van der Waals surface area contributed by atoms with E-state index >= 15 is 0 Å². The highest BCUT2D eigenvalue weighted by molar-refractivity contribution is 5.83. The molecule has 0 aliphatic carbocycles. The number of nitrogens with two attached hydrogens (primary N) is 1. The lowest BCUT2D eigenvalue weighted by Gasteiger charge is -2.08. The molecule has 0 heterocycles. The first-order valence-electron chi connectivity index (χ1n) is 4.66. The van der Waals surface area contributed by atoms with Crippen molar-refractivity contribution in [2.75, 3.05) is 0 Å². The van der Waals surface area contributed by atoms with Crippen molar-refractivity contribution >= 4 is 5.78 Å². The number of Topliss-reactive ketones (excluding diaryl/α,β-unsaturated/α-hetero) is 1. The van der Waals surface area contributed by atoms with Gasteiger partial charge in [0.05, 0.1) is 6.04 Å². The van der Waals surface area contributed by atoms with Crippen LogP contribution in [0.15, 0.2) is 24.3 Å². The largest absolute Gasteiger partial charge is 0.321 e. The number of carbonyl (C=O) groups is 1. The van der Waals surface area contributed by atoms with Gasteiger partial charge in [0, 0.05) is 6.42 Å². The quantitative estimate of drug-likeness (QED) is 0.794. The van der Waals surface area contributed by atoms with Crippen LogP contribution in [0.25, 0.3) is 0 Å². The Morgan fingerprint density at radius 1 is 1.43 bits per heavy atom. The van der Waals surface area contributed by atoms with Gasteiger partial charge in [-0.1, -0.05) is 19.1 Å². The van der Waals surface area contributed by atoms with Crippen molar-refractivity contribution in [1.29, 1.82) is 0 Å². The van der Waals surface area contributed by atoms with Crippen LogP contribution in [0, 0.1) is 5.82 Å². The zero-order valence-corrected chi connectivity index (χ0v) is 8.16. The van der Waals surface area contributed by atoms with E-state index in [0.29, 0.717) is 12.8 Å². The van der Waals surface area contributed by atoms with E-state index in [0.717, 1.165) is 5.56 Å². The van der Waals surface area contributed by atoms with Crippen LogP contribution in [0.1, 0.15) is 18.9 Å². The standard InChI is InChI=1S/C11H14FNO/c1-2-11(14)10(13)7-8-3-5-9(12)6-4-8/h3-6,10H,2,7,13H2,1H3. The summed E-state index contributed by atoms with van der Waals surface area (Å²) in [5.74, 6) is -0.238. The maximum Gasteiger partial charge on any atom is 0.149 e. The Morgan fingerprint density at radius 2 is 2.00 bits per heavy atom. The monoisotopic (exact) mass is 195 g/mol. The Kier molecular flexibility index (Phi) is 3.77. The van der Waals surface area contributed by atoms with Gasteiger partial charge in [0.2, 0.25) is 0 Å². The van der Waals surface area contributed by atoms with Gasteiger partial charge in [0.1, 0.15) is 11.6 Å². The summed E-state index contributed by atoms with van der Waals surface area (Å²) in [4.78, 5) is 11.2. The van der Waals surface area contributed by atoms with Crippen molar-refractivity contribution in [2.45, 2.75) is 25.8 Å². The van der Waals surface area contributed by atoms with Gasteiger partial charge in [0.25, 0.3) is 0 Å². The summed E-state index contributed by atoms with van der Waals surface area (Å²) < 4.78 is 12.6. The van der Waals surface area contributed by atoms with Crippen molar-refractivity contribution in [1.82, 2.24) is 0 Å². The summed E-state index contributed by atoms with van der Waals surface area (Å²) in [5, 5.41) is 0. The molecule has 1 atom stereocenters. The molecule has 14 heavy (non-hydrogen) atoms. The molecule has 0 saturated carbocycles. The van der Waals surface area contributed by atoms with Gasteiger partial charge >= 0.3 is 0 Å². The van der Waals surface area contributed by atoms with Gasteiger partial charge in [0.15, 0.2) is 0 Å². The van der Waals surface area contributed by atoms with E-state index in [1.165, 1.54) is 12.1 Å². The molecule has 0 radical (unpaired) electrons. The average Bonchev–Trinajstić information content (AvgIpc) is 2.20. The normalized spacial score (nSPS) is 12.5. The number of benzene rings is 1. The minimum atomic E-state index is -0.467. The third-order valence-electron chi connectivity index (χ3n) is 2.13. The molecule has 0 bridgehead atoms. The van der Waals surface area contributed by atoms with Crippen LogP contribution in [-0.4, -0.2) is 11.8 Å². The number of hydrogen-bond donors (Lipinski definition) is 1. The molecule has 3 heteroatoms. The number of ketones is 1. The van der Waals surface area contributed by atoms with E-state index in [1.807, 2.05) is 0 Å². The molecule has 1 unspecified atom stereocenters. The second-order valence-corrected chi connectivity index (χ2v) is 3.26. The molecule has 2 nitrogen and oxygen atoms in total. The zero-order chi connectivity index (χ0) is 10.6. The van der Waals surface area contributed by atoms with E-state index in [4.69, 9.17) is 5.73 Å². The van der Waals surface area contributed by atoms with E-state index in [9.17, 15) is 9.18 Å². The molecule has 0 aliphatic heterocycles. The third-order valence-corrected chi connectivity index (χ3v) is 2.13. The van der Waals surface area contributed by atoms with Crippen molar-refractivity contribution in [3.63, 3.8) is 0 Å². The van der Waals surface area contributed by atoms with E-state index in [1.54, 1.807) is 19.1 Å². The fraction of sp³-hybridized carbons (Fsp3) is 0.364. The molecule has 0 aromatic heterocycles. The highest BCUT2D eigenvalue weighted by atomic mass is 19.1. The first-order chi connectivity index (χ1) is 6.63. The van der Waals surface area contributed by atoms with Crippen molar-refractivity contribution < 1.29 is 9.18 Å². The van der Waals surface area contributed by atoms with Crippen LogP contribution in [0.3, 0.4) is 0 Å². The Labute approximate surface area is 82.9 Å². The van der Waals surface area contributed by atoms with Gasteiger partial charge in [-0.15, -0.1) is 0 Å². The smallest absolute Gasteiger partial charge is 0.149 e. The maximum absolute atomic E-state index is 12.6. The van der Waals surface area contributed by atoms with Crippen LogP contribution in [-0.2, 0) is 11.2 Å². The molecule has 1 rings (SSSR count). The van der Waals surface area contributed by atoms with Crippen LogP contribution >= 0.6 is 0 Å². The lowest BCUT2D eigenvalue weighted by Crippen LogP contribution is -2.32. The van der Waals surface area contributed by atoms with Crippen molar-refractivity contribution in [3.05, 3.63) is 35.6 Å². The molecule has 0 fully saturated rings. The summed E-state index contributed by atoms with van der Waals surface area (Å²) >= 11 is 0. The molecular weight excluding hydrogens is 181 g/mol. The van der Waals surface area contributed by atoms with Crippen molar-refractivity contribution in [3.8, 4) is 0 Å². The first-order valence-corrected chi connectivity index (χ1v) is 4.66. The Balaban J connectivity index is 2.60. The van der Waals surface area contributed by atoms with Gasteiger partial charge < -0.3 is 5.73 Å². The average molecular weight is 195 g/mol. The fourth-order valence-corrected chi connectivity index (χ4v) is 1.25. The third kappa shape index (κ3) is 2.92. The van der Waals surface area contributed by atoms with Gasteiger partial charge in [-0.2, -0.15) is 0 Å². The molecule has 0 amide bonds. The Bertz CT molecular complexity index is 308. The molecular formula is C11H14FNO. The molecule has 1 aromatic rings. The molecule has 76 valence electrons. The number of carbonyl (C=O) groups excluding carboxylic acids is 1. The SMILES string of the molecule is CCC(=O)C(N)Cc1ccc(F)cc1. The molecule has 0 aliphatic rings. The summed E-state index contributed by atoms with van der Waals surface area (Å²) in [5.41, 5.74) is 6.54.